The van der Waals surface area contributed by atoms with Crippen LogP contribution in [0.25, 0.3) is 0 Å². The molecule has 0 saturated carbocycles. The summed E-state index contributed by atoms with van der Waals surface area (Å²) in [6.07, 6.45) is 0. The highest BCUT2D eigenvalue weighted by atomic mass is 32.2. The Hall–Kier alpha value is -2.26. The second-order valence-electron chi connectivity index (χ2n) is 8.48. The van der Waals surface area contributed by atoms with Crippen molar-refractivity contribution in [2.24, 2.45) is 0 Å². The van der Waals surface area contributed by atoms with Crippen molar-refractivity contribution in [3.8, 4) is 0 Å². The highest BCUT2D eigenvalue weighted by Gasteiger charge is 2.71. The third-order valence-corrected chi connectivity index (χ3v) is 8.14. The molecule has 2 N–H and O–H groups in total. The summed E-state index contributed by atoms with van der Waals surface area (Å²) in [5.41, 5.74) is -0.0670. The van der Waals surface area contributed by atoms with Crippen molar-refractivity contribution in [2.45, 2.75) is 61.6 Å². The molecule has 0 spiro atoms. The monoisotopic (exact) mass is 405 g/mol. The zero-order valence-corrected chi connectivity index (χ0v) is 16.9. The number of amides is 2. The van der Waals surface area contributed by atoms with E-state index in [1.807, 2.05) is 30.3 Å². The number of nitrogens with zero attached hydrogens (tertiary/aromatic N) is 2. The predicted octanol–water partition coefficient (Wildman–Crippen LogP) is 0.427. The van der Waals surface area contributed by atoms with Crippen molar-refractivity contribution in [3.63, 3.8) is 0 Å². The number of hydrogen-bond acceptors (Lipinski definition) is 5. The molecule has 3 fully saturated rings. The van der Waals surface area contributed by atoms with Gasteiger partial charge in [-0.3, -0.25) is 19.1 Å². The summed E-state index contributed by atoms with van der Waals surface area (Å²) in [6.45, 7) is 6.77. The molecule has 28 heavy (non-hydrogen) atoms. The molecule has 3 saturated heterocycles. The summed E-state index contributed by atoms with van der Waals surface area (Å²) in [5, 5.41) is 12.0. The first-order chi connectivity index (χ1) is 13.0. The fraction of sp³-hybridized carbons (Fsp3) is 0.526. The highest BCUT2D eigenvalue weighted by molar-refractivity contribution is 7.87. The SMILES string of the molecule is CC1(C)NC(c2ccccc2)C(=O)N1[C@@H]1C(=O)N2[C@@H]1[S@](=O)C(C)(C)[C@@H]2C(=O)O. The number of benzene rings is 1. The number of carboxylic acids is 1. The van der Waals surface area contributed by atoms with Gasteiger partial charge in [0.2, 0.25) is 11.8 Å². The van der Waals surface area contributed by atoms with Crippen LogP contribution in [0.4, 0.5) is 0 Å². The van der Waals surface area contributed by atoms with Gasteiger partial charge in [-0.05, 0) is 33.3 Å². The van der Waals surface area contributed by atoms with E-state index in [2.05, 4.69) is 5.32 Å². The molecule has 3 aliphatic rings. The molecule has 1 aromatic rings. The molecule has 8 nitrogen and oxygen atoms in total. The largest absolute Gasteiger partial charge is 0.480 e. The number of fused-ring (bicyclic) bond motifs is 1. The molecule has 4 rings (SSSR count). The average Bonchev–Trinajstić information content (AvgIpc) is 2.96. The molecule has 0 radical (unpaired) electrons. The number of carboxylic acid groups (broad SMARTS) is 1. The van der Waals surface area contributed by atoms with Gasteiger partial charge in [-0.2, -0.15) is 0 Å². The summed E-state index contributed by atoms with van der Waals surface area (Å²) in [6, 6.07) is 6.48. The Morgan fingerprint density at radius 2 is 1.71 bits per heavy atom. The lowest BCUT2D eigenvalue weighted by Crippen LogP contribution is -2.74. The minimum Gasteiger partial charge on any atom is -0.480 e. The van der Waals surface area contributed by atoms with Crippen LogP contribution in [0.3, 0.4) is 0 Å². The molecular weight excluding hydrogens is 382 g/mol. The van der Waals surface area contributed by atoms with E-state index in [1.165, 1.54) is 9.80 Å². The van der Waals surface area contributed by atoms with Crippen LogP contribution in [0.2, 0.25) is 0 Å². The molecule has 1 aromatic carbocycles. The van der Waals surface area contributed by atoms with Gasteiger partial charge in [-0.15, -0.1) is 0 Å². The molecule has 150 valence electrons. The lowest BCUT2D eigenvalue weighted by Gasteiger charge is -2.50. The van der Waals surface area contributed by atoms with Crippen LogP contribution in [0, 0.1) is 0 Å². The van der Waals surface area contributed by atoms with Crippen LogP contribution in [0.15, 0.2) is 30.3 Å². The Kier molecular flexibility index (Phi) is 4.00. The molecule has 0 aromatic heterocycles. The molecule has 1 unspecified atom stereocenters. The van der Waals surface area contributed by atoms with Crippen molar-refractivity contribution in [1.29, 1.82) is 0 Å². The third kappa shape index (κ3) is 2.32. The quantitative estimate of drug-likeness (QED) is 0.706. The van der Waals surface area contributed by atoms with Gasteiger partial charge < -0.3 is 14.9 Å². The molecule has 3 heterocycles. The number of aliphatic carboxylic acids is 1. The molecule has 0 aliphatic carbocycles. The topological polar surface area (TPSA) is 107 Å². The van der Waals surface area contributed by atoms with E-state index in [0.717, 1.165) is 5.56 Å². The second kappa shape index (κ2) is 5.87. The van der Waals surface area contributed by atoms with E-state index < -0.39 is 56.6 Å². The zero-order chi connectivity index (χ0) is 20.6. The summed E-state index contributed by atoms with van der Waals surface area (Å²) in [4.78, 5) is 40.6. The van der Waals surface area contributed by atoms with Gasteiger partial charge in [0.1, 0.15) is 23.5 Å². The summed E-state index contributed by atoms with van der Waals surface area (Å²) in [7, 11) is -1.62. The van der Waals surface area contributed by atoms with Crippen molar-refractivity contribution in [1.82, 2.24) is 15.1 Å². The lowest BCUT2D eigenvalue weighted by atomic mass is 9.94. The Morgan fingerprint density at radius 1 is 1.11 bits per heavy atom. The van der Waals surface area contributed by atoms with E-state index in [9.17, 15) is 23.7 Å². The van der Waals surface area contributed by atoms with Gasteiger partial charge in [0.25, 0.3) is 0 Å². The zero-order valence-electron chi connectivity index (χ0n) is 16.1. The number of hydrogen-bond donors (Lipinski definition) is 2. The fourth-order valence-electron chi connectivity index (χ4n) is 4.63. The Bertz CT molecular complexity index is 900. The highest BCUT2D eigenvalue weighted by Crippen LogP contribution is 2.47. The number of carbonyl (C=O) groups is 3. The molecular formula is C19H23N3O5S. The number of β-lactam (4-membered cyclic amide) rings is 1. The van der Waals surface area contributed by atoms with Crippen LogP contribution in [-0.4, -0.2) is 64.8 Å². The first-order valence-electron chi connectivity index (χ1n) is 9.11. The van der Waals surface area contributed by atoms with E-state index in [0.29, 0.717) is 0 Å². The van der Waals surface area contributed by atoms with Crippen molar-refractivity contribution in [3.05, 3.63) is 35.9 Å². The van der Waals surface area contributed by atoms with Gasteiger partial charge >= 0.3 is 5.97 Å². The Morgan fingerprint density at radius 3 is 2.29 bits per heavy atom. The minimum atomic E-state index is -1.62. The van der Waals surface area contributed by atoms with Crippen LogP contribution in [0.1, 0.15) is 39.3 Å². The standard InChI is InChI=1S/C19H23N3O5S/c1-18(2)13(17(25)26)21-15(24)12(16(21)28(18)27)22-14(23)11(20-19(22,3)4)10-8-6-5-7-9-10/h5-9,11-13,16,20H,1-4H3,(H,25,26)/t11?,12-,13+,16-,28+/m1/s1. The molecule has 2 amide bonds. The molecule has 5 atom stereocenters. The fourth-order valence-corrected chi connectivity index (χ4v) is 6.59. The van der Waals surface area contributed by atoms with E-state index in [1.54, 1.807) is 27.7 Å². The number of rotatable bonds is 3. The first-order valence-corrected chi connectivity index (χ1v) is 10.3. The lowest BCUT2D eigenvalue weighted by molar-refractivity contribution is -0.170. The van der Waals surface area contributed by atoms with Gasteiger partial charge in [-0.25, -0.2) is 4.79 Å². The molecule has 0 bridgehead atoms. The van der Waals surface area contributed by atoms with Crippen LogP contribution in [0.5, 0.6) is 0 Å². The third-order valence-electron chi connectivity index (χ3n) is 5.96. The Balaban J connectivity index is 1.70. The van der Waals surface area contributed by atoms with Gasteiger partial charge in [-0.1, -0.05) is 30.3 Å². The van der Waals surface area contributed by atoms with Crippen molar-refractivity contribution < 1.29 is 23.7 Å². The normalized spacial score (nSPS) is 35.6. The summed E-state index contributed by atoms with van der Waals surface area (Å²) >= 11 is 0. The first kappa shape index (κ1) is 19.1. The average molecular weight is 405 g/mol. The summed E-state index contributed by atoms with van der Waals surface area (Å²) in [5.74, 6) is -1.92. The van der Waals surface area contributed by atoms with Crippen LogP contribution >= 0.6 is 0 Å². The Labute approximate surface area is 165 Å². The van der Waals surface area contributed by atoms with Gasteiger partial charge in [0.15, 0.2) is 0 Å². The van der Waals surface area contributed by atoms with Gasteiger partial charge in [0, 0.05) is 0 Å². The predicted molar refractivity (Wildman–Crippen MR) is 101 cm³/mol. The van der Waals surface area contributed by atoms with Crippen molar-refractivity contribution in [2.75, 3.05) is 0 Å². The summed E-state index contributed by atoms with van der Waals surface area (Å²) < 4.78 is 12.0. The maximum atomic E-state index is 13.3. The second-order valence-corrected chi connectivity index (χ2v) is 10.6. The minimum absolute atomic E-state index is 0.275. The number of carbonyl (C=O) groups excluding carboxylic acids is 2. The molecule has 9 heteroatoms. The van der Waals surface area contributed by atoms with Crippen molar-refractivity contribution >= 4 is 28.6 Å². The van der Waals surface area contributed by atoms with Crippen LogP contribution < -0.4 is 5.32 Å². The maximum absolute atomic E-state index is 13.3. The maximum Gasteiger partial charge on any atom is 0.328 e. The van der Waals surface area contributed by atoms with E-state index in [-0.39, 0.29) is 5.91 Å². The van der Waals surface area contributed by atoms with E-state index in [4.69, 9.17) is 0 Å². The smallest absolute Gasteiger partial charge is 0.328 e. The van der Waals surface area contributed by atoms with Gasteiger partial charge in [0.05, 0.1) is 21.2 Å². The number of nitrogens with one attached hydrogen (secondary N) is 1. The van der Waals surface area contributed by atoms with E-state index >= 15 is 0 Å². The van der Waals surface area contributed by atoms with Crippen LogP contribution in [-0.2, 0) is 25.2 Å². The molecule has 3 aliphatic heterocycles.